The number of carbonyl (C=O) groups excluding carboxylic acids is 2. The fourth-order valence-corrected chi connectivity index (χ4v) is 3.37. The molecule has 0 aromatic heterocycles. The average molecular weight is 516 g/mol. The number of rotatable bonds is 5. The number of carbonyl (C=O) groups is 2. The molecule has 0 unspecified atom stereocenters. The molecule has 0 heterocycles. The minimum Gasteiger partial charge on any atom is -0.350 e. The molecule has 4 nitrogen and oxygen atoms in total. The second-order valence-electron chi connectivity index (χ2n) is 6.75. The Morgan fingerprint density at radius 2 is 1.76 bits per heavy atom. The summed E-state index contributed by atoms with van der Waals surface area (Å²) >= 11 is 1.98. The zero-order valence-corrected chi connectivity index (χ0v) is 18.2. The monoisotopic (exact) mass is 516 g/mol. The van der Waals surface area contributed by atoms with Crippen molar-refractivity contribution in [1.29, 1.82) is 0 Å². The molecule has 2 amide bonds. The minimum absolute atomic E-state index is 0.0701. The quantitative estimate of drug-likeness (QED) is 0.511. The zero-order chi connectivity index (χ0) is 21.9. The number of allylic oxidation sites excluding steroid dienone is 1. The second kappa shape index (κ2) is 8.98. The van der Waals surface area contributed by atoms with E-state index in [2.05, 4.69) is 17.2 Å². The van der Waals surface area contributed by atoms with Gasteiger partial charge < -0.3 is 10.6 Å². The van der Waals surface area contributed by atoms with Crippen LogP contribution in [0.25, 0.3) is 5.57 Å². The number of benzene rings is 2. The van der Waals surface area contributed by atoms with Gasteiger partial charge in [-0.25, -0.2) is 0 Å². The summed E-state index contributed by atoms with van der Waals surface area (Å²) in [5, 5.41) is 5.44. The molecule has 0 aliphatic carbocycles. The van der Waals surface area contributed by atoms with Crippen LogP contribution in [0.2, 0.25) is 0 Å². The van der Waals surface area contributed by atoms with Gasteiger partial charge in [0, 0.05) is 15.3 Å². The minimum atomic E-state index is -4.53. The molecule has 0 radical (unpaired) electrons. The Kier molecular flexibility index (Phi) is 7.10. The molecule has 8 heteroatoms. The van der Waals surface area contributed by atoms with Crippen molar-refractivity contribution in [2.75, 3.05) is 5.32 Å². The normalized spacial score (nSPS) is 11.3. The lowest BCUT2D eigenvalue weighted by atomic mass is 10.0. The van der Waals surface area contributed by atoms with Crippen LogP contribution in [0.15, 0.2) is 43.0 Å². The highest BCUT2D eigenvalue weighted by atomic mass is 127. The van der Waals surface area contributed by atoms with Gasteiger partial charge in [0.15, 0.2) is 0 Å². The Morgan fingerprint density at radius 3 is 2.31 bits per heavy atom. The number of aryl methyl sites for hydroxylation is 1. The highest BCUT2D eigenvalue weighted by molar-refractivity contribution is 14.1. The van der Waals surface area contributed by atoms with Crippen molar-refractivity contribution in [2.45, 2.75) is 33.0 Å². The molecule has 0 spiro atoms. The number of halogens is 4. The van der Waals surface area contributed by atoms with Crippen molar-refractivity contribution in [3.05, 3.63) is 68.8 Å². The van der Waals surface area contributed by atoms with Crippen molar-refractivity contribution < 1.29 is 22.8 Å². The maximum Gasteiger partial charge on any atom is 0.416 e. The van der Waals surface area contributed by atoms with Crippen molar-refractivity contribution >= 4 is 45.7 Å². The van der Waals surface area contributed by atoms with E-state index in [1.807, 2.05) is 36.4 Å². The van der Waals surface area contributed by atoms with Crippen LogP contribution in [0.1, 0.15) is 45.7 Å². The van der Waals surface area contributed by atoms with E-state index in [0.717, 1.165) is 0 Å². The van der Waals surface area contributed by atoms with Crippen LogP contribution in [0.4, 0.5) is 18.9 Å². The Bertz CT molecular complexity index is 969. The van der Waals surface area contributed by atoms with Crippen molar-refractivity contribution in [1.82, 2.24) is 5.32 Å². The summed E-state index contributed by atoms with van der Waals surface area (Å²) in [5.41, 5.74) is 0.197. The smallest absolute Gasteiger partial charge is 0.350 e. The topological polar surface area (TPSA) is 58.2 Å². The number of anilines is 1. The Hall–Kier alpha value is -2.36. The second-order valence-corrected chi connectivity index (χ2v) is 7.91. The number of hydrogen-bond acceptors (Lipinski definition) is 2. The standard InChI is InChI=1S/C21H20F3IN2O2/c1-11(2)26-20(29)18-15(6-5-7-16(18)25)19(28)27-17-9-8-14(10-12(17)3)13(4)21(22,23)24/h5-11H,4H2,1-3H3,(H,26,29)(H,27,28). The largest absolute Gasteiger partial charge is 0.416 e. The first-order valence-corrected chi connectivity index (χ1v) is 9.77. The van der Waals surface area contributed by atoms with E-state index in [9.17, 15) is 22.8 Å². The van der Waals surface area contributed by atoms with Crippen molar-refractivity contribution in [3.63, 3.8) is 0 Å². The van der Waals surface area contributed by atoms with Gasteiger partial charge in [0.25, 0.3) is 11.8 Å². The number of alkyl halides is 3. The SMILES string of the molecule is C=C(c1ccc(NC(=O)c2cccc(I)c2C(=O)NC(C)C)c(C)c1)C(F)(F)F. The lowest BCUT2D eigenvalue weighted by Gasteiger charge is -2.16. The van der Waals surface area contributed by atoms with Crippen LogP contribution in [0.5, 0.6) is 0 Å². The summed E-state index contributed by atoms with van der Waals surface area (Å²) in [6.45, 7) is 8.29. The van der Waals surface area contributed by atoms with E-state index >= 15 is 0 Å². The van der Waals surface area contributed by atoms with Crippen LogP contribution >= 0.6 is 22.6 Å². The van der Waals surface area contributed by atoms with Crippen LogP contribution in [-0.4, -0.2) is 24.0 Å². The molecule has 0 bridgehead atoms. The van der Waals surface area contributed by atoms with E-state index in [0.29, 0.717) is 14.8 Å². The highest BCUT2D eigenvalue weighted by Crippen LogP contribution is 2.33. The van der Waals surface area contributed by atoms with Crippen LogP contribution in [0, 0.1) is 10.5 Å². The van der Waals surface area contributed by atoms with Gasteiger partial charge >= 0.3 is 6.18 Å². The van der Waals surface area contributed by atoms with Gasteiger partial charge in [0.2, 0.25) is 0 Å². The molecule has 0 aliphatic rings. The first-order valence-electron chi connectivity index (χ1n) is 8.69. The molecule has 0 fully saturated rings. The maximum absolute atomic E-state index is 12.8. The lowest BCUT2D eigenvalue weighted by molar-refractivity contribution is -0.0686. The Labute approximate surface area is 180 Å². The first-order chi connectivity index (χ1) is 13.4. The fourth-order valence-electron chi connectivity index (χ4n) is 2.62. The molecule has 2 aromatic rings. The lowest BCUT2D eigenvalue weighted by Crippen LogP contribution is -2.32. The van der Waals surface area contributed by atoms with Gasteiger partial charge in [-0.3, -0.25) is 9.59 Å². The fraction of sp³-hybridized carbons (Fsp3) is 0.238. The van der Waals surface area contributed by atoms with E-state index in [-0.39, 0.29) is 28.6 Å². The highest BCUT2D eigenvalue weighted by Gasteiger charge is 2.33. The summed E-state index contributed by atoms with van der Waals surface area (Å²) < 4.78 is 39.1. The molecule has 0 saturated carbocycles. The molecule has 2 N–H and O–H groups in total. The van der Waals surface area contributed by atoms with Crippen molar-refractivity contribution in [2.24, 2.45) is 0 Å². The molecule has 2 aromatic carbocycles. The predicted molar refractivity (Wildman–Crippen MR) is 116 cm³/mol. The molecule has 0 saturated heterocycles. The molecule has 2 rings (SSSR count). The van der Waals surface area contributed by atoms with Gasteiger partial charge in [-0.15, -0.1) is 0 Å². The molecular weight excluding hydrogens is 496 g/mol. The molecule has 0 aliphatic heterocycles. The predicted octanol–water partition coefficient (Wildman–Crippen LogP) is 5.57. The number of nitrogens with one attached hydrogen (secondary N) is 2. The first kappa shape index (κ1) is 22.9. The third kappa shape index (κ3) is 5.59. The number of amides is 2. The molecule has 29 heavy (non-hydrogen) atoms. The summed E-state index contributed by atoms with van der Waals surface area (Å²) in [5.74, 6) is -0.897. The summed E-state index contributed by atoms with van der Waals surface area (Å²) in [6, 6.07) is 8.75. The third-order valence-corrected chi connectivity index (χ3v) is 4.97. The summed E-state index contributed by atoms with van der Waals surface area (Å²) in [6.07, 6.45) is -4.53. The Morgan fingerprint density at radius 1 is 1.10 bits per heavy atom. The van der Waals surface area contributed by atoms with Crippen molar-refractivity contribution in [3.8, 4) is 0 Å². The van der Waals surface area contributed by atoms with Gasteiger partial charge in [0.1, 0.15) is 0 Å². The zero-order valence-electron chi connectivity index (χ0n) is 16.1. The molecule has 154 valence electrons. The van der Waals surface area contributed by atoms with E-state index in [4.69, 9.17) is 0 Å². The Balaban J connectivity index is 2.33. The van der Waals surface area contributed by atoms with Crippen LogP contribution < -0.4 is 10.6 Å². The third-order valence-electron chi connectivity index (χ3n) is 4.07. The summed E-state index contributed by atoms with van der Waals surface area (Å²) in [4.78, 5) is 25.3. The van der Waals surface area contributed by atoms with Gasteiger partial charge in [0.05, 0.1) is 16.7 Å². The average Bonchev–Trinajstić information content (AvgIpc) is 2.60. The molecular formula is C21H20F3IN2O2. The van der Waals surface area contributed by atoms with Gasteiger partial charge in [-0.1, -0.05) is 18.7 Å². The van der Waals surface area contributed by atoms with Gasteiger partial charge in [-0.05, 0) is 78.8 Å². The maximum atomic E-state index is 12.8. The van der Waals surface area contributed by atoms with E-state index in [1.165, 1.54) is 24.3 Å². The van der Waals surface area contributed by atoms with E-state index in [1.54, 1.807) is 19.1 Å². The number of hydrogen-bond donors (Lipinski definition) is 2. The van der Waals surface area contributed by atoms with Gasteiger partial charge in [-0.2, -0.15) is 13.2 Å². The van der Waals surface area contributed by atoms with E-state index < -0.39 is 17.7 Å². The van der Waals surface area contributed by atoms with Crippen LogP contribution in [-0.2, 0) is 0 Å². The molecule has 0 atom stereocenters. The van der Waals surface area contributed by atoms with Crippen LogP contribution in [0.3, 0.4) is 0 Å². The summed E-state index contributed by atoms with van der Waals surface area (Å²) in [7, 11) is 0.